The van der Waals surface area contributed by atoms with Crippen molar-refractivity contribution in [1.82, 2.24) is 9.38 Å². The van der Waals surface area contributed by atoms with Crippen molar-refractivity contribution >= 4 is 43.4 Å². The summed E-state index contributed by atoms with van der Waals surface area (Å²) in [6.45, 7) is 0. The molecule has 30 heavy (non-hydrogen) atoms. The molecule has 2 nitrogen and oxygen atoms in total. The number of fused-ring (bicyclic) bond motifs is 5. The molecule has 0 unspecified atom stereocenters. The summed E-state index contributed by atoms with van der Waals surface area (Å²) in [5, 5.41) is 2.36. The van der Waals surface area contributed by atoms with E-state index in [-0.39, 0.29) is 0 Å². The molecule has 6 rings (SSSR count). The van der Waals surface area contributed by atoms with Crippen LogP contribution in [0, 0.1) is 0 Å². The maximum atomic E-state index is 5.04. The molecular formula is C27H17BrN2. The van der Waals surface area contributed by atoms with E-state index >= 15 is 0 Å². The smallest absolute Gasteiger partial charge is 0.137 e. The summed E-state index contributed by atoms with van der Waals surface area (Å²) in [5.74, 6) is 0. The Kier molecular flexibility index (Phi) is 3.96. The number of halogens is 1. The summed E-state index contributed by atoms with van der Waals surface area (Å²) in [5.41, 5.74) is 7.96. The van der Waals surface area contributed by atoms with Crippen LogP contribution in [-0.4, -0.2) is 9.38 Å². The van der Waals surface area contributed by atoms with E-state index in [2.05, 4.69) is 118 Å². The van der Waals surface area contributed by atoms with Crippen LogP contribution in [0.4, 0.5) is 0 Å². The number of imidazole rings is 1. The van der Waals surface area contributed by atoms with Crippen molar-refractivity contribution in [2.45, 2.75) is 0 Å². The van der Waals surface area contributed by atoms with Gasteiger partial charge in [0.05, 0.1) is 11.0 Å². The average molecular weight is 449 g/mol. The maximum absolute atomic E-state index is 5.04. The Bertz CT molecular complexity index is 1530. The molecule has 2 aromatic heterocycles. The van der Waals surface area contributed by atoms with Crippen molar-refractivity contribution in [2.24, 2.45) is 0 Å². The van der Waals surface area contributed by atoms with Gasteiger partial charge in [0.2, 0.25) is 0 Å². The molecule has 0 radical (unpaired) electrons. The van der Waals surface area contributed by atoms with E-state index in [1.54, 1.807) is 0 Å². The highest BCUT2D eigenvalue weighted by molar-refractivity contribution is 9.10. The zero-order valence-corrected chi connectivity index (χ0v) is 17.7. The number of aromatic nitrogens is 2. The van der Waals surface area contributed by atoms with Crippen molar-refractivity contribution in [1.29, 1.82) is 0 Å². The number of pyridine rings is 1. The first-order chi connectivity index (χ1) is 14.8. The van der Waals surface area contributed by atoms with Gasteiger partial charge in [0.15, 0.2) is 0 Å². The molecule has 0 saturated heterocycles. The molecular weight excluding hydrogens is 432 g/mol. The fourth-order valence-electron chi connectivity index (χ4n) is 4.40. The van der Waals surface area contributed by atoms with Crippen molar-refractivity contribution in [3.05, 3.63) is 108 Å². The topological polar surface area (TPSA) is 17.3 Å². The van der Waals surface area contributed by atoms with E-state index in [0.717, 1.165) is 26.5 Å². The summed E-state index contributed by atoms with van der Waals surface area (Å²) in [6, 6.07) is 34.0. The number of hydrogen-bond acceptors (Lipinski definition) is 1. The molecule has 0 spiro atoms. The lowest BCUT2D eigenvalue weighted by molar-refractivity contribution is 1.23. The van der Waals surface area contributed by atoms with Gasteiger partial charge in [0, 0.05) is 21.6 Å². The lowest BCUT2D eigenvalue weighted by Gasteiger charge is -2.17. The van der Waals surface area contributed by atoms with Gasteiger partial charge in [0.25, 0.3) is 0 Å². The van der Waals surface area contributed by atoms with Gasteiger partial charge in [0.1, 0.15) is 5.65 Å². The largest absolute Gasteiger partial charge is 0.299 e. The van der Waals surface area contributed by atoms with Crippen LogP contribution >= 0.6 is 15.9 Å². The van der Waals surface area contributed by atoms with E-state index in [9.17, 15) is 0 Å². The predicted octanol–water partition coefficient (Wildman–Crippen LogP) is 7.74. The van der Waals surface area contributed by atoms with Crippen LogP contribution in [0.1, 0.15) is 0 Å². The van der Waals surface area contributed by atoms with Crippen LogP contribution in [0.25, 0.3) is 49.7 Å². The molecule has 0 aliphatic heterocycles. The van der Waals surface area contributed by atoms with Crippen LogP contribution in [0.15, 0.2) is 108 Å². The lowest BCUT2D eigenvalue weighted by atomic mass is 9.88. The third-order valence-electron chi connectivity index (χ3n) is 5.65. The number of nitrogens with zero attached hydrogens (tertiary/aromatic N) is 2. The fourth-order valence-corrected chi connectivity index (χ4v) is 4.76. The Morgan fingerprint density at radius 1 is 0.633 bits per heavy atom. The Labute approximate surface area is 182 Å². The minimum atomic E-state index is 0.958. The van der Waals surface area contributed by atoms with Crippen molar-refractivity contribution < 1.29 is 0 Å². The normalized spacial score (nSPS) is 11.5. The zero-order valence-electron chi connectivity index (χ0n) is 16.1. The quantitative estimate of drug-likeness (QED) is 0.264. The standard InChI is InChI=1S/C27H17BrN2/c28-20-14-15-21-22(17-20)24(18-9-3-1-4-10-18)25(19-11-5-2-6-12-19)27-26(21)29-23-13-7-8-16-30(23)27/h1-17H. The molecule has 0 amide bonds. The highest BCUT2D eigenvalue weighted by Gasteiger charge is 2.21. The summed E-state index contributed by atoms with van der Waals surface area (Å²) in [7, 11) is 0. The second kappa shape index (κ2) is 6.82. The minimum absolute atomic E-state index is 0.958. The summed E-state index contributed by atoms with van der Waals surface area (Å²) in [4.78, 5) is 5.04. The number of rotatable bonds is 2. The van der Waals surface area contributed by atoms with Crippen LogP contribution in [0.5, 0.6) is 0 Å². The van der Waals surface area contributed by atoms with Crippen molar-refractivity contribution in [3.8, 4) is 22.3 Å². The van der Waals surface area contributed by atoms with Gasteiger partial charge in [-0.3, -0.25) is 4.40 Å². The van der Waals surface area contributed by atoms with Crippen LogP contribution in [0.2, 0.25) is 0 Å². The number of hydrogen-bond donors (Lipinski definition) is 0. The summed E-state index contributed by atoms with van der Waals surface area (Å²) >= 11 is 3.69. The van der Waals surface area contributed by atoms with E-state index in [1.807, 2.05) is 6.07 Å². The number of benzene rings is 4. The monoisotopic (exact) mass is 448 g/mol. The fraction of sp³-hybridized carbons (Fsp3) is 0. The van der Waals surface area contributed by atoms with Gasteiger partial charge < -0.3 is 0 Å². The average Bonchev–Trinajstić information content (AvgIpc) is 3.18. The zero-order chi connectivity index (χ0) is 20.1. The molecule has 0 N–H and O–H groups in total. The van der Waals surface area contributed by atoms with E-state index in [1.165, 1.54) is 27.6 Å². The van der Waals surface area contributed by atoms with E-state index in [4.69, 9.17) is 4.98 Å². The van der Waals surface area contributed by atoms with Gasteiger partial charge >= 0.3 is 0 Å². The third-order valence-corrected chi connectivity index (χ3v) is 6.14. The Balaban J connectivity index is 1.95. The first-order valence-corrected chi connectivity index (χ1v) is 10.7. The first kappa shape index (κ1) is 17.4. The lowest BCUT2D eigenvalue weighted by Crippen LogP contribution is -1.93. The summed E-state index contributed by atoms with van der Waals surface area (Å²) < 4.78 is 3.28. The van der Waals surface area contributed by atoms with Gasteiger partial charge in [-0.2, -0.15) is 0 Å². The molecule has 0 saturated carbocycles. The van der Waals surface area contributed by atoms with E-state index < -0.39 is 0 Å². The molecule has 0 aliphatic carbocycles. The van der Waals surface area contributed by atoms with Crippen LogP contribution in [0.3, 0.4) is 0 Å². The van der Waals surface area contributed by atoms with Crippen LogP contribution in [-0.2, 0) is 0 Å². The Morgan fingerprint density at radius 2 is 1.30 bits per heavy atom. The molecule has 0 aliphatic rings. The van der Waals surface area contributed by atoms with E-state index in [0.29, 0.717) is 0 Å². The molecule has 2 heterocycles. The van der Waals surface area contributed by atoms with Gasteiger partial charge in [-0.15, -0.1) is 0 Å². The van der Waals surface area contributed by atoms with Crippen LogP contribution < -0.4 is 0 Å². The second-order valence-corrected chi connectivity index (χ2v) is 8.33. The molecule has 0 atom stereocenters. The van der Waals surface area contributed by atoms with Gasteiger partial charge in [-0.1, -0.05) is 88.7 Å². The highest BCUT2D eigenvalue weighted by Crippen LogP contribution is 2.45. The molecule has 4 aromatic carbocycles. The second-order valence-electron chi connectivity index (χ2n) is 7.41. The molecule has 3 heteroatoms. The predicted molar refractivity (Wildman–Crippen MR) is 129 cm³/mol. The SMILES string of the molecule is Brc1ccc2c(c1)c(-c1ccccc1)c(-c1ccccc1)c1c2nc2ccccn21. The molecule has 0 bridgehead atoms. The van der Waals surface area contributed by atoms with Gasteiger partial charge in [-0.05, 0) is 46.3 Å². The molecule has 0 fully saturated rings. The molecule has 6 aromatic rings. The first-order valence-electron chi connectivity index (χ1n) is 9.94. The van der Waals surface area contributed by atoms with Crippen molar-refractivity contribution in [2.75, 3.05) is 0 Å². The van der Waals surface area contributed by atoms with Gasteiger partial charge in [-0.25, -0.2) is 4.98 Å². The minimum Gasteiger partial charge on any atom is -0.299 e. The maximum Gasteiger partial charge on any atom is 0.137 e. The molecule has 142 valence electrons. The summed E-state index contributed by atoms with van der Waals surface area (Å²) in [6.07, 6.45) is 2.11. The highest BCUT2D eigenvalue weighted by atomic mass is 79.9. The van der Waals surface area contributed by atoms with Crippen molar-refractivity contribution in [3.63, 3.8) is 0 Å². The third kappa shape index (κ3) is 2.59. The Hall–Kier alpha value is -3.43. The Morgan fingerprint density at radius 3 is 2.03 bits per heavy atom.